The molecular formula is C28H40N4O4. The highest BCUT2D eigenvalue weighted by molar-refractivity contribution is 5.96. The van der Waals surface area contributed by atoms with Crippen LogP contribution in [-0.4, -0.2) is 78.6 Å². The number of para-hydroxylation sites is 1. The molecule has 0 aromatic heterocycles. The van der Waals surface area contributed by atoms with Crippen LogP contribution in [-0.2, 0) is 19.1 Å². The van der Waals surface area contributed by atoms with Crippen molar-refractivity contribution in [2.45, 2.75) is 75.9 Å². The second-order valence-electron chi connectivity index (χ2n) is 10.9. The number of nitrogens with one attached hydrogen (secondary N) is 1. The van der Waals surface area contributed by atoms with Gasteiger partial charge in [-0.05, 0) is 50.2 Å². The molecular weight excluding hydrogens is 456 g/mol. The van der Waals surface area contributed by atoms with E-state index in [1.54, 1.807) is 4.90 Å². The van der Waals surface area contributed by atoms with Crippen molar-refractivity contribution in [3.63, 3.8) is 0 Å². The molecule has 4 aliphatic rings. The molecule has 0 bridgehead atoms. The Kier molecular flexibility index (Phi) is 7.79. The minimum atomic E-state index is -0.710. The van der Waals surface area contributed by atoms with E-state index < -0.39 is 5.54 Å². The molecule has 3 saturated heterocycles. The Morgan fingerprint density at radius 3 is 2.47 bits per heavy atom. The van der Waals surface area contributed by atoms with Crippen LogP contribution in [0, 0.1) is 5.92 Å². The number of piperidine rings is 1. The maximum atomic E-state index is 13.8. The van der Waals surface area contributed by atoms with Gasteiger partial charge in [-0.25, -0.2) is 0 Å². The number of nitrogens with zero attached hydrogens (tertiary/aromatic N) is 3. The van der Waals surface area contributed by atoms with Gasteiger partial charge in [-0.3, -0.25) is 14.4 Å². The lowest BCUT2D eigenvalue weighted by Crippen LogP contribution is -2.57. The second kappa shape index (κ2) is 11.2. The fourth-order valence-corrected chi connectivity index (χ4v) is 6.50. The first kappa shape index (κ1) is 25.1. The van der Waals surface area contributed by atoms with E-state index in [0.29, 0.717) is 51.5 Å². The standard InChI is InChI=1S/C28H40N4O4/c33-25(29-19-24-11-6-18-36-24)20-31-21-32(23-9-2-1-3-10-23)28(27(31)35)14-16-30(17-15-28)26(34)13-12-22-7-4-5-8-22/h1-3,9-10,22,24H,4-8,11-21H2,(H,29,33). The zero-order valence-electron chi connectivity index (χ0n) is 21.3. The van der Waals surface area contributed by atoms with E-state index in [0.717, 1.165) is 31.6 Å². The maximum absolute atomic E-state index is 13.8. The normalized spacial score (nSPS) is 24.2. The number of carbonyl (C=O) groups is 3. The summed E-state index contributed by atoms with van der Waals surface area (Å²) >= 11 is 0. The molecule has 3 heterocycles. The minimum Gasteiger partial charge on any atom is -0.376 e. The number of carbonyl (C=O) groups excluding carboxylic acids is 3. The van der Waals surface area contributed by atoms with Gasteiger partial charge in [0, 0.05) is 38.3 Å². The quantitative estimate of drug-likeness (QED) is 0.599. The number of rotatable bonds is 8. The SMILES string of the molecule is O=C(CN1CN(c2ccccc2)C2(CCN(C(=O)CCC3CCCC3)CC2)C1=O)NCC1CCCO1. The molecule has 4 fully saturated rings. The fourth-order valence-electron chi connectivity index (χ4n) is 6.50. The highest BCUT2D eigenvalue weighted by Gasteiger charge is 2.54. The first-order chi connectivity index (χ1) is 17.5. The number of hydrogen-bond acceptors (Lipinski definition) is 5. The third-order valence-corrected chi connectivity index (χ3v) is 8.65. The van der Waals surface area contributed by atoms with E-state index in [-0.39, 0.29) is 30.4 Å². The number of anilines is 1. The molecule has 1 saturated carbocycles. The van der Waals surface area contributed by atoms with Gasteiger partial charge >= 0.3 is 0 Å². The van der Waals surface area contributed by atoms with Gasteiger partial charge in [0.15, 0.2) is 0 Å². The fraction of sp³-hybridized carbons (Fsp3) is 0.679. The molecule has 3 amide bonds. The van der Waals surface area contributed by atoms with Gasteiger partial charge in [0.05, 0.1) is 12.8 Å². The number of amides is 3. The Morgan fingerprint density at radius 2 is 1.78 bits per heavy atom. The molecule has 1 unspecified atom stereocenters. The van der Waals surface area contributed by atoms with Crippen LogP contribution in [0.5, 0.6) is 0 Å². The van der Waals surface area contributed by atoms with Crippen molar-refractivity contribution >= 4 is 23.4 Å². The van der Waals surface area contributed by atoms with E-state index in [1.165, 1.54) is 25.7 Å². The van der Waals surface area contributed by atoms with Gasteiger partial charge < -0.3 is 24.8 Å². The maximum Gasteiger partial charge on any atom is 0.250 e. The first-order valence-corrected chi connectivity index (χ1v) is 13.8. The lowest BCUT2D eigenvalue weighted by atomic mass is 9.85. The molecule has 8 heteroatoms. The predicted octanol–water partition coefficient (Wildman–Crippen LogP) is 2.92. The summed E-state index contributed by atoms with van der Waals surface area (Å²) in [5, 5.41) is 2.95. The molecule has 1 atom stereocenters. The van der Waals surface area contributed by atoms with Crippen LogP contribution < -0.4 is 10.2 Å². The van der Waals surface area contributed by atoms with Gasteiger partial charge in [0.2, 0.25) is 11.8 Å². The van der Waals surface area contributed by atoms with Crippen molar-refractivity contribution in [2.24, 2.45) is 5.92 Å². The Hall–Kier alpha value is -2.61. The summed E-state index contributed by atoms with van der Waals surface area (Å²) in [6.07, 6.45) is 9.96. The molecule has 5 rings (SSSR count). The summed E-state index contributed by atoms with van der Waals surface area (Å²) in [6, 6.07) is 9.97. The number of ether oxygens (including phenoxy) is 1. The molecule has 196 valence electrons. The average molecular weight is 497 g/mol. The summed E-state index contributed by atoms with van der Waals surface area (Å²) in [6.45, 7) is 2.83. The largest absolute Gasteiger partial charge is 0.376 e. The molecule has 1 aromatic carbocycles. The predicted molar refractivity (Wildman–Crippen MR) is 137 cm³/mol. The van der Waals surface area contributed by atoms with Crippen molar-refractivity contribution in [3.05, 3.63) is 30.3 Å². The van der Waals surface area contributed by atoms with Crippen LogP contribution in [0.3, 0.4) is 0 Å². The Morgan fingerprint density at radius 1 is 1.03 bits per heavy atom. The van der Waals surface area contributed by atoms with Gasteiger partial charge in [0.1, 0.15) is 12.1 Å². The molecule has 1 spiro atoms. The van der Waals surface area contributed by atoms with Crippen molar-refractivity contribution in [2.75, 3.05) is 44.4 Å². The Balaban J connectivity index is 1.22. The summed E-state index contributed by atoms with van der Waals surface area (Å²) in [5.41, 5.74) is 0.271. The van der Waals surface area contributed by atoms with Gasteiger partial charge in [-0.1, -0.05) is 43.9 Å². The zero-order valence-corrected chi connectivity index (χ0v) is 21.3. The number of benzene rings is 1. The van der Waals surface area contributed by atoms with Gasteiger partial charge in [-0.2, -0.15) is 0 Å². The first-order valence-electron chi connectivity index (χ1n) is 13.8. The third kappa shape index (κ3) is 5.38. The van der Waals surface area contributed by atoms with Gasteiger partial charge in [-0.15, -0.1) is 0 Å². The summed E-state index contributed by atoms with van der Waals surface area (Å²) in [5.74, 6) is 0.772. The Labute approximate surface area is 214 Å². The number of hydrogen-bond donors (Lipinski definition) is 1. The number of likely N-dealkylation sites (tertiary alicyclic amines) is 1. The Bertz CT molecular complexity index is 919. The third-order valence-electron chi connectivity index (χ3n) is 8.65. The monoisotopic (exact) mass is 496 g/mol. The second-order valence-corrected chi connectivity index (χ2v) is 10.9. The molecule has 1 aromatic rings. The van der Waals surface area contributed by atoms with E-state index in [2.05, 4.69) is 10.2 Å². The van der Waals surface area contributed by atoms with Crippen LogP contribution in [0.1, 0.15) is 64.2 Å². The zero-order chi connectivity index (χ0) is 25.0. The molecule has 1 aliphatic carbocycles. The van der Waals surface area contributed by atoms with Crippen LogP contribution in [0.2, 0.25) is 0 Å². The van der Waals surface area contributed by atoms with E-state index in [4.69, 9.17) is 4.74 Å². The summed E-state index contributed by atoms with van der Waals surface area (Å²) < 4.78 is 5.60. The van der Waals surface area contributed by atoms with Crippen LogP contribution in [0.4, 0.5) is 5.69 Å². The lowest BCUT2D eigenvalue weighted by Gasteiger charge is -2.43. The minimum absolute atomic E-state index is 0.00308. The van der Waals surface area contributed by atoms with E-state index in [9.17, 15) is 14.4 Å². The summed E-state index contributed by atoms with van der Waals surface area (Å²) in [7, 11) is 0. The van der Waals surface area contributed by atoms with Crippen molar-refractivity contribution in [3.8, 4) is 0 Å². The van der Waals surface area contributed by atoms with Crippen LogP contribution in [0.15, 0.2) is 30.3 Å². The molecule has 0 radical (unpaired) electrons. The highest BCUT2D eigenvalue weighted by atomic mass is 16.5. The van der Waals surface area contributed by atoms with Crippen molar-refractivity contribution in [1.82, 2.24) is 15.1 Å². The highest BCUT2D eigenvalue weighted by Crippen LogP contribution is 2.39. The van der Waals surface area contributed by atoms with E-state index >= 15 is 0 Å². The van der Waals surface area contributed by atoms with Crippen LogP contribution >= 0.6 is 0 Å². The average Bonchev–Trinajstić information content (AvgIpc) is 3.67. The van der Waals surface area contributed by atoms with E-state index in [1.807, 2.05) is 35.2 Å². The molecule has 8 nitrogen and oxygen atoms in total. The lowest BCUT2D eigenvalue weighted by molar-refractivity contribution is -0.140. The summed E-state index contributed by atoms with van der Waals surface area (Å²) in [4.78, 5) is 45.2. The topological polar surface area (TPSA) is 82.2 Å². The van der Waals surface area contributed by atoms with Gasteiger partial charge in [0.25, 0.3) is 5.91 Å². The van der Waals surface area contributed by atoms with Crippen LogP contribution in [0.25, 0.3) is 0 Å². The smallest absolute Gasteiger partial charge is 0.250 e. The molecule has 3 aliphatic heterocycles. The van der Waals surface area contributed by atoms with Crippen molar-refractivity contribution < 1.29 is 19.1 Å². The molecule has 36 heavy (non-hydrogen) atoms. The van der Waals surface area contributed by atoms with Crippen molar-refractivity contribution in [1.29, 1.82) is 0 Å². The molecule has 1 N–H and O–H groups in total.